The summed E-state index contributed by atoms with van der Waals surface area (Å²) in [5.41, 5.74) is 0.992. The molecule has 1 atom stereocenters. The van der Waals surface area contributed by atoms with E-state index in [0.29, 0.717) is 11.4 Å². The lowest BCUT2D eigenvalue weighted by atomic mass is 10.1. The second-order valence-corrected chi connectivity index (χ2v) is 5.69. The van der Waals surface area contributed by atoms with E-state index in [1.807, 2.05) is 11.4 Å². The molecule has 84 valence electrons. The summed E-state index contributed by atoms with van der Waals surface area (Å²) < 4.78 is 0.918. The average Bonchev–Trinajstić information content (AvgIpc) is 2.65. The molecule has 0 radical (unpaired) electrons. The minimum atomic E-state index is -0.520. The zero-order valence-corrected chi connectivity index (χ0v) is 11.4. The van der Waals surface area contributed by atoms with Crippen molar-refractivity contribution in [3.8, 4) is 0 Å². The van der Waals surface area contributed by atoms with E-state index < -0.39 is 6.10 Å². The van der Waals surface area contributed by atoms with E-state index in [4.69, 9.17) is 11.6 Å². The standard InChI is InChI=1S/C11H9BrClNOS/c12-8-1-7(4-14-5-8)2-10(15)11-3-9(13)6-16-11/h1,3-6,10,15H,2H2. The maximum absolute atomic E-state index is 9.99. The molecule has 2 aromatic heterocycles. The number of halogens is 2. The maximum atomic E-state index is 9.99. The number of aliphatic hydroxyl groups is 1. The van der Waals surface area contributed by atoms with E-state index in [1.54, 1.807) is 18.5 Å². The predicted molar refractivity (Wildman–Crippen MR) is 69.9 cm³/mol. The van der Waals surface area contributed by atoms with Crippen LogP contribution in [-0.4, -0.2) is 10.1 Å². The van der Waals surface area contributed by atoms with Gasteiger partial charge in [-0.15, -0.1) is 11.3 Å². The number of nitrogens with zero attached hydrogens (tertiary/aromatic N) is 1. The molecule has 2 rings (SSSR count). The van der Waals surface area contributed by atoms with Crippen LogP contribution < -0.4 is 0 Å². The summed E-state index contributed by atoms with van der Waals surface area (Å²) in [5.74, 6) is 0. The van der Waals surface area contributed by atoms with Crippen LogP contribution in [0.4, 0.5) is 0 Å². The van der Waals surface area contributed by atoms with Gasteiger partial charge < -0.3 is 5.11 Å². The number of hydrogen-bond acceptors (Lipinski definition) is 3. The Kier molecular flexibility index (Phi) is 3.97. The van der Waals surface area contributed by atoms with Gasteiger partial charge in [-0.2, -0.15) is 0 Å². The molecule has 0 saturated carbocycles. The lowest BCUT2D eigenvalue weighted by molar-refractivity contribution is 0.182. The summed E-state index contributed by atoms with van der Waals surface area (Å²) in [6.07, 6.45) is 3.50. The highest BCUT2D eigenvalue weighted by molar-refractivity contribution is 9.10. The third kappa shape index (κ3) is 3.04. The van der Waals surface area contributed by atoms with Crippen molar-refractivity contribution >= 4 is 38.9 Å². The van der Waals surface area contributed by atoms with Crippen LogP contribution in [0, 0.1) is 0 Å². The van der Waals surface area contributed by atoms with E-state index in [2.05, 4.69) is 20.9 Å². The number of thiophene rings is 1. The second-order valence-electron chi connectivity index (χ2n) is 3.40. The third-order valence-corrected chi connectivity index (χ3v) is 3.92. The van der Waals surface area contributed by atoms with Crippen LogP contribution in [0.2, 0.25) is 5.02 Å². The molecule has 5 heteroatoms. The van der Waals surface area contributed by atoms with Crippen molar-refractivity contribution < 1.29 is 5.11 Å². The monoisotopic (exact) mass is 317 g/mol. The number of aromatic nitrogens is 1. The Morgan fingerprint density at radius 2 is 2.25 bits per heavy atom. The van der Waals surface area contributed by atoms with Crippen molar-refractivity contribution in [3.63, 3.8) is 0 Å². The van der Waals surface area contributed by atoms with Crippen LogP contribution in [0.25, 0.3) is 0 Å². The first-order valence-electron chi connectivity index (χ1n) is 4.66. The summed E-state index contributed by atoms with van der Waals surface area (Å²) in [7, 11) is 0. The first kappa shape index (κ1) is 12.0. The van der Waals surface area contributed by atoms with Gasteiger partial charge in [0.05, 0.1) is 11.1 Å². The van der Waals surface area contributed by atoms with E-state index in [1.165, 1.54) is 11.3 Å². The van der Waals surface area contributed by atoms with Gasteiger partial charge in [0.1, 0.15) is 0 Å². The fourth-order valence-corrected chi connectivity index (χ4v) is 2.87. The van der Waals surface area contributed by atoms with Gasteiger partial charge in [0.25, 0.3) is 0 Å². The Morgan fingerprint density at radius 3 is 2.88 bits per heavy atom. The Morgan fingerprint density at radius 1 is 1.44 bits per heavy atom. The van der Waals surface area contributed by atoms with E-state index in [0.717, 1.165) is 14.9 Å². The largest absolute Gasteiger partial charge is 0.387 e. The van der Waals surface area contributed by atoms with Gasteiger partial charge in [0.2, 0.25) is 0 Å². The summed E-state index contributed by atoms with van der Waals surface area (Å²) >= 11 is 10.6. The van der Waals surface area contributed by atoms with E-state index >= 15 is 0 Å². The van der Waals surface area contributed by atoms with Crippen LogP contribution in [-0.2, 0) is 6.42 Å². The Bertz CT molecular complexity index is 488. The van der Waals surface area contributed by atoms with E-state index in [-0.39, 0.29) is 0 Å². The van der Waals surface area contributed by atoms with Crippen molar-refractivity contribution in [2.24, 2.45) is 0 Å². The van der Waals surface area contributed by atoms with Gasteiger partial charge in [-0.1, -0.05) is 11.6 Å². The molecular formula is C11H9BrClNOS. The van der Waals surface area contributed by atoms with Crippen LogP contribution in [0.15, 0.2) is 34.4 Å². The molecule has 0 bridgehead atoms. The molecule has 0 aliphatic carbocycles. The topological polar surface area (TPSA) is 33.1 Å². The fourth-order valence-electron chi connectivity index (χ4n) is 1.39. The smallest absolute Gasteiger partial charge is 0.0923 e. The molecule has 0 fully saturated rings. The zero-order valence-electron chi connectivity index (χ0n) is 8.23. The number of aliphatic hydroxyl groups excluding tert-OH is 1. The van der Waals surface area contributed by atoms with Gasteiger partial charge >= 0.3 is 0 Å². The van der Waals surface area contributed by atoms with E-state index in [9.17, 15) is 5.11 Å². The quantitative estimate of drug-likeness (QED) is 0.933. The second kappa shape index (κ2) is 5.27. The van der Waals surface area contributed by atoms with Crippen LogP contribution in [0.5, 0.6) is 0 Å². The van der Waals surface area contributed by atoms with Gasteiger partial charge in [0.15, 0.2) is 0 Å². The molecule has 2 heterocycles. The first-order valence-corrected chi connectivity index (χ1v) is 6.71. The normalized spacial score (nSPS) is 12.7. The first-order chi connectivity index (χ1) is 7.65. The lowest BCUT2D eigenvalue weighted by Gasteiger charge is -2.08. The van der Waals surface area contributed by atoms with Crippen LogP contribution >= 0.6 is 38.9 Å². The molecule has 0 amide bonds. The van der Waals surface area contributed by atoms with Gasteiger partial charge in [-0.05, 0) is 33.6 Å². The van der Waals surface area contributed by atoms with Crippen molar-refractivity contribution in [2.75, 3.05) is 0 Å². The lowest BCUT2D eigenvalue weighted by Crippen LogP contribution is -1.99. The zero-order chi connectivity index (χ0) is 11.5. The molecule has 16 heavy (non-hydrogen) atoms. The van der Waals surface area contributed by atoms with Gasteiger partial charge in [-0.3, -0.25) is 4.98 Å². The van der Waals surface area contributed by atoms with Crippen molar-refractivity contribution in [2.45, 2.75) is 12.5 Å². The Balaban J connectivity index is 2.10. The average molecular weight is 319 g/mol. The summed E-state index contributed by atoms with van der Waals surface area (Å²) in [5, 5.41) is 12.5. The summed E-state index contributed by atoms with van der Waals surface area (Å²) in [6, 6.07) is 3.74. The van der Waals surface area contributed by atoms with Crippen molar-refractivity contribution in [1.82, 2.24) is 4.98 Å². The van der Waals surface area contributed by atoms with Crippen molar-refractivity contribution in [3.05, 3.63) is 49.8 Å². The SMILES string of the molecule is OC(Cc1cncc(Br)c1)c1cc(Cl)cs1. The highest BCUT2D eigenvalue weighted by Crippen LogP contribution is 2.27. The predicted octanol–water partition coefficient (Wildman–Crippen LogP) is 3.84. The fraction of sp³-hybridized carbons (Fsp3) is 0.182. The molecule has 0 saturated heterocycles. The minimum Gasteiger partial charge on any atom is -0.387 e. The highest BCUT2D eigenvalue weighted by Gasteiger charge is 2.11. The molecule has 0 aliphatic heterocycles. The van der Waals surface area contributed by atoms with Gasteiger partial charge in [0, 0.05) is 33.5 Å². The molecule has 1 unspecified atom stereocenters. The van der Waals surface area contributed by atoms with Crippen LogP contribution in [0.1, 0.15) is 16.5 Å². The summed E-state index contributed by atoms with van der Waals surface area (Å²) in [6.45, 7) is 0. The van der Waals surface area contributed by atoms with Gasteiger partial charge in [-0.25, -0.2) is 0 Å². The highest BCUT2D eigenvalue weighted by atomic mass is 79.9. The third-order valence-electron chi connectivity index (χ3n) is 2.11. The number of pyridine rings is 1. The molecular weight excluding hydrogens is 310 g/mol. The maximum Gasteiger partial charge on any atom is 0.0923 e. The number of rotatable bonds is 3. The molecule has 2 aromatic rings. The molecule has 2 nitrogen and oxygen atoms in total. The Labute approximate surface area is 111 Å². The molecule has 0 spiro atoms. The molecule has 0 aromatic carbocycles. The van der Waals surface area contributed by atoms with Crippen molar-refractivity contribution in [1.29, 1.82) is 0 Å². The number of hydrogen-bond donors (Lipinski definition) is 1. The summed E-state index contributed by atoms with van der Waals surface area (Å²) in [4.78, 5) is 4.94. The molecule has 0 aliphatic rings. The minimum absolute atomic E-state index is 0.520. The Hall–Kier alpha value is -0.420. The molecule has 1 N–H and O–H groups in total. The van der Waals surface area contributed by atoms with Crippen LogP contribution in [0.3, 0.4) is 0 Å².